The normalized spacial score (nSPS) is 10.5. The van der Waals surface area contributed by atoms with Gasteiger partial charge in [-0.2, -0.15) is 0 Å². The predicted molar refractivity (Wildman–Crippen MR) is 78.8 cm³/mol. The monoisotopic (exact) mass is 316 g/mol. The molecular weight excluding hydrogens is 299 g/mol. The Morgan fingerprint density at radius 3 is 2.76 bits per heavy atom. The number of amides is 1. The lowest BCUT2D eigenvalue weighted by atomic mass is 10.3. The summed E-state index contributed by atoms with van der Waals surface area (Å²) in [6.07, 6.45) is 0.925. The maximum absolute atomic E-state index is 13.0. The van der Waals surface area contributed by atoms with Crippen molar-refractivity contribution in [2.45, 2.75) is 12.8 Å². The van der Waals surface area contributed by atoms with E-state index in [2.05, 4.69) is 10.1 Å². The number of hydrogen-bond donors (Lipinski definition) is 1. The molecule has 116 valence electrons. The van der Waals surface area contributed by atoms with Gasteiger partial charge in [-0.05, 0) is 38.2 Å². The molecule has 0 aliphatic rings. The lowest BCUT2D eigenvalue weighted by Crippen LogP contribution is -2.31. The third kappa shape index (κ3) is 6.55. The minimum Gasteiger partial charge on any atom is -0.469 e. The van der Waals surface area contributed by atoms with Gasteiger partial charge in [0.15, 0.2) is 0 Å². The topological polar surface area (TPSA) is 58.6 Å². The standard InChI is InChI=1S/C14H18ClFN2O3/c1-18(7-3-4-14(20)21-2)9-13(19)17-10-5-6-12(16)11(15)8-10/h5-6,8H,3-4,7,9H2,1-2H3,(H,17,19). The van der Waals surface area contributed by atoms with E-state index in [1.807, 2.05) is 0 Å². The van der Waals surface area contributed by atoms with E-state index in [-0.39, 0.29) is 23.4 Å². The van der Waals surface area contributed by atoms with Crippen LogP contribution in [0.5, 0.6) is 0 Å². The average molecular weight is 317 g/mol. The van der Waals surface area contributed by atoms with Gasteiger partial charge in [-0.3, -0.25) is 14.5 Å². The minimum absolute atomic E-state index is 0.0424. The molecule has 0 saturated carbocycles. The van der Waals surface area contributed by atoms with E-state index < -0.39 is 5.82 Å². The van der Waals surface area contributed by atoms with E-state index in [0.29, 0.717) is 25.1 Å². The first kappa shape index (κ1) is 17.4. The molecule has 5 nitrogen and oxygen atoms in total. The Balaban J connectivity index is 2.35. The summed E-state index contributed by atoms with van der Waals surface area (Å²) in [5.74, 6) is -1.04. The van der Waals surface area contributed by atoms with Gasteiger partial charge in [0.05, 0.1) is 18.7 Å². The highest BCUT2D eigenvalue weighted by Crippen LogP contribution is 2.19. The van der Waals surface area contributed by atoms with Crippen molar-refractivity contribution >= 4 is 29.2 Å². The SMILES string of the molecule is COC(=O)CCCN(C)CC(=O)Nc1ccc(F)c(Cl)c1. The molecule has 0 fully saturated rings. The molecule has 21 heavy (non-hydrogen) atoms. The average Bonchev–Trinajstić information content (AvgIpc) is 2.42. The number of nitrogens with one attached hydrogen (secondary N) is 1. The van der Waals surface area contributed by atoms with Crippen molar-refractivity contribution in [3.05, 3.63) is 29.0 Å². The number of anilines is 1. The zero-order chi connectivity index (χ0) is 15.8. The van der Waals surface area contributed by atoms with Gasteiger partial charge in [0.25, 0.3) is 0 Å². The second-order valence-corrected chi connectivity index (χ2v) is 5.00. The van der Waals surface area contributed by atoms with Crippen LogP contribution < -0.4 is 5.32 Å². The molecule has 0 aliphatic carbocycles. The van der Waals surface area contributed by atoms with Crippen molar-refractivity contribution < 1.29 is 18.7 Å². The molecule has 0 atom stereocenters. The molecule has 1 aromatic rings. The number of methoxy groups -OCH3 is 1. The highest BCUT2D eigenvalue weighted by Gasteiger charge is 2.09. The van der Waals surface area contributed by atoms with Crippen LogP contribution in [0.25, 0.3) is 0 Å². The van der Waals surface area contributed by atoms with Crippen LogP contribution in [-0.2, 0) is 14.3 Å². The van der Waals surface area contributed by atoms with E-state index in [4.69, 9.17) is 11.6 Å². The molecule has 0 radical (unpaired) electrons. The summed E-state index contributed by atoms with van der Waals surface area (Å²) in [5, 5.41) is 2.59. The Hall–Kier alpha value is -1.66. The van der Waals surface area contributed by atoms with Gasteiger partial charge in [0.2, 0.25) is 5.91 Å². The summed E-state index contributed by atoms with van der Waals surface area (Å²) in [6.45, 7) is 0.753. The summed E-state index contributed by atoms with van der Waals surface area (Å²) < 4.78 is 17.5. The van der Waals surface area contributed by atoms with Crippen molar-refractivity contribution in [2.24, 2.45) is 0 Å². The van der Waals surface area contributed by atoms with Crippen molar-refractivity contribution in [3.8, 4) is 0 Å². The van der Waals surface area contributed by atoms with Gasteiger partial charge >= 0.3 is 5.97 Å². The summed E-state index contributed by atoms with van der Waals surface area (Å²) in [7, 11) is 3.11. The quantitative estimate of drug-likeness (QED) is 0.784. The van der Waals surface area contributed by atoms with Crippen LogP contribution in [0.2, 0.25) is 5.02 Å². The van der Waals surface area contributed by atoms with Crippen LogP contribution in [0, 0.1) is 5.82 Å². The summed E-state index contributed by atoms with van der Waals surface area (Å²) in [4.78, 5) is 24.5. The van der Waals surface area contributed by atoms with Crippen molar-refractivity contribution in [1.82, 2.24) is 4.90 Å². The highest BCUT2D eigenvalue weighted by atomic mass is 35.5. The molecule has 0 aromatic heterocycles. The van der Waals surface area contributed by atoms with Crippen molar-refractivity contribution in [1.29, 1.82) is 0 Å². The second kappa shape index (κ2) is 8.59. The number of halogens is 2. The maximum Gasteiger partial charge on any atom is 0.305 e. The maximum atomic E-state index is 13.0. The van der Waals surface area contributed by atoms with Gasteiger partial charge in [-0.1, -0.05) is 11.6 Å². The number of carbonyl (C=O) groups excluding carboxylic acids is 2. The smallest absolute Gasteiger partial charge is 0.305 e. The largest absolute Gasteiger partial charge is 0.469 e. The molecule has 0 heterocycles. The molecule has 0 unspecified atom stereocenters. The number of esters is 1. The number of carbonyl (C=O) groups is 2. The molecule has 0 aliphatic heterocycles. The van der Waals surface area contributed by atoms with Crippen LogP contribution in [0.4, 0.5) is 10.1 Å². The van der Waals surface area contributed by atoms with Crippen LogP contribution in [-0.4, -0.2) is 44.0 Å². The third-order valence-corrected chi connectivity index (χ3v) is 3.05. The fourth-order valence-electron chi connectivity index (χ4n) is 1.69. The van der Waals surface area contributed by atoms with Gasteiger partial charge in [-0.25, -0.2) is 4.39 Å². The summed E-state index contributed by atoms with van der Waals surface area (Å²) in [6, 6.07) is 3.99. The van der Waals surface area contributed by atoms with Crippen molar-refractivity contribution in [2.75, 3.05) is 32.6 Å². The number of nitrogens with zero attached hydrogens (tertiary/aromatic N) is 1. The molecule has 1 rings (SSSR count). The van der Waals surface area contributed by atoms with E-state index in [1.54, 1.807) is 11.9 Å². The minimum atomic E-state index is -0.533. The van der Waals surface area contributed by atoms with Crippen LogP contribution in [0.1, 0.15) is 12.8 Å². The highest BCUT2D eigenvalue weighted by molar-refractivity contribution is 6.31. The fraction of sp³-hybridized carbons (Fsp3) is 0.429. The Morgan fingerprint density at radius 2 is 2.14 bits per heavy atom. The fourth-order valence-corrected chi connectivity index (χ4v) is 1.87. The van der Waals surface area contributed by atoms with Gasteiger partial charge in [-0.15, -0.1) is 0 Å². The van der Waals surface area contributed by atoms with E-state index in [0.717, 1.165) is 0 Å². The first-order valence-electron chi connectivity index (χ1n) is 6.42. The van der Waals surface area contributed by atoms with Crippen LogP contribution >= 0.6 is 11.6 Å². The molecule has 7 heteroatoms. The van der Waals surface area contributed by atoms with Crippen molar-refractivity contribution in [3.63, 3.8) is 0 Å². The molecule has 1 aromatic carbocycles. The molecular formula is C14H18ClFN2O3. The number of benzene rings is 1. The molecule has 1 amide bonds. The Kier molecular flexibility index (Phi) is 7.11. The zero-order valence-electron chi connectivity index (χ0n) is 12.0. The number of rotatable bonds is 7. The van der Waals surface area contributed by atoms with E-state index in [1.165, 1.54) is 25.3 Å². The lowest BCUT2D eigenvalue weighted by molar-refractivity contribution is -0.140. The first-order valence-corrected chi connectivity index (χ1v) is 6.80. The number of hydrogen-bond acceptors (Lipinski definition) is 4. The molecule has 1 N–H and O–H groups in total. The molecule has 0 bridgehead atoms. The summed E-state index contributed by atoms with van der Waals surface area (Å²) >= 11 is 5.63. The van der Waals surface area contributed by atoms with E-state index >= 15 is 0 Å². The molecule has 0 saturated heterocycles. The zero-order valence-corrected chi connectivity index (χ0v) is 12.7. The van der Waals surface area contributed by atoms with Crippen LogP contribution in [0.15, 0.2) is 18.2 Å². The van der Waals surface area contributed by atoms with Crippen LogP contribution in [0.3, 0.4) is 0 Å². The Morgan fingerprint density at radius 1 is 1.43 bits per heavy atom. The van der Waals surface area contributed by atoms with Gasteiger partial charge in [0, 0.05) is 12.1 Å². The Bertz CT molecular complexity index is 511. The van der Waals surface area contributed by atoms with Gasteiger partial charge < -0.3 is 10.1 Å². The van der Waals surface area contributed by atoms with Gasteiger partial charge in [0.1, 0.15) is 5.82 Å². The molecule has 0 spiro atoms. The Labute approximate surface area is 128 Å². The summed E-state index contributed by atoms with van der Waals surface area (Å²) in [5.41, 5.74) is 0.439. The first-order chi connectivity index (χ1) is 9.92. The number of likely N-dealkylation sites (N-methyl/N-ethyl adjacent to an activating group) is 1. The predicted octanol–water partition coefficient (Wildman–Crippen LogP) is 2.30. The number of ether oxygens (including phenoxy) is 1. The second-order valence-electron chi connectivity index (χ2n) is 4.59. The van der Waals surface area contributed by atoms with E-state index in [9.17, 15) is 14.0 Å². The third-order valence-electron chi connectivity index (χ3n) is 2.77. The lowest BCUT2D eigenvalue weighted by Gasteiger charge is -2.16.